The van der Waals surface area contributed by atoms with Crippen molar-refractivity contribution in [2.24, 2.45) is 0 Å². The summed E-state index contributed by atoms with van der Waals surface area (Å²) in [5, 5.41) is 32.6. The molecule has 2 heterocycles. The van der Waals surface area contributed by atoms with Gasteiger partial charge in [-0.2, -0.15) is 0 Å². The number of aliphatic hydroxyl groups is 1. The largest absolute Gasteiger partial charge is 0.507 e. The second kappa shape index (κ2) is 11.8. The smallest absolute Gasteiger partial charge is 0.169 e. The summed E-state index contributed by atoms with van der Waals surface area (Å²) in [7, 11) is 1.94. The molecule has 0 unspecified atom stereocenters. The van der Waals surface area contributed by atoms with Gasteiger partial charge in [0, 0.05) is 38.3 Å². The van der Waals surface area contributed by atoms with Crippen LogP contribution in [0.4, 0.5) is 11.5 Å². The number of benzene rings is 1. The summed E-state index contributed by atoms with van der Waals surface area (Å²) in [6.45, 7) is 10.9. The van der Waals surface area contributed by atoms with E-state index in [-0.39, 0.29) is 5.75 Å². The van der Waals surface area contributed by atoms with E-state index in [4.69, 9.17) is 5.73 Å². The van der Waals surface area contributed by atoms with Crippen molar-refractivity contribution < 1.29 is 10.2 Å². The highest BCUT2D eigenvalue weighted by atomic mass is 16.3. The van der Waals surface area contributed by atoms with E-state index in [1.165, 1.54) is 0 Å². The molecule has 0 atom stereocenters. The van der Waals surface area contributed by atoms with E-state index < -0.39 is 5.60 Å². The summed E-state index contributed by atoms with van der Waals surface area (Å²) >= 11 is 0. The number of nitrogen functional groups attached to an aromatic ring is 1. The van der Waals surface area contributed by atoms with Crippen LogP contribution >= 0.6 is 0 Å². The third-order valence-electron chi connectivity index (χ3n) is 5.66. The zero-order chi connectivity index (χ0) is 22.9. The van der Waals surface area contributed by atoms with Gasteiger partial charge < -0.3 is 26.2 Å². The maximum atomic E-state index is 11.1. The molecule has 0 aliphatic carbocycles. The maximum absolute atomic E-state index is 11.1. The average Bonchev–Trinajstić information content (AvgIpc) is 2.79. The molecule has 0 saturated carbocycles. The monoisotopic (exact) mass is 430 g/mol. The molecule has 1 aromatic carbocycles. The van der Waals surface area contributed by atoms with Crippen LogP contribution in [0.5, 0.6) is 5.75 Å². The molecule has 8 heteroatoms. The molecule has 0 spiro atoms. The van der Waals surface area contributed by atoms with Gasteiger partial charge in [0.2, 0.25) is 0 Å². The number of rotatable bonds is 8. The van der Waals surface area contributed by atoms with Crippen LogP contribution in [-0.4, -0.2) is 77.2 Å². The van der Waals surface area contributed by atoms with Gasteiger partial charge in [-0.3, -0.25) is 4.90 Å². The number of para-hydroxylation sites is 1. The van der Waals surface area contributed by atoms with E-state index in [1.807, 2.05) is 33.0 Å². The van der Waals surface area contributed by atoms with E-state index in [9.17, 15) is 10.2 Å². The second-order valence-electron chi connectivity index (χ2n) is 7.70. The SMILES string of the molecule is CC.CCN(CCNC)CC1(O)CCN(c2cc(-c3ccccc3O)nnc2N)CC1. The van der Waals surface area contributed by atoms with Crippen molar-refractivity contribution in [3.8, 4) is 17.0 Å². The van der Waals surface area contributed by atoms with Gasteiger partial charge in [0.25, 0.3) is 0 Å². The number of piperidine rings is 1. The first-order valence-corrected chi connectivity index (χ1v) is 11.2. The number of likely N-dealkylation sites (N-methyl/N-ethyl adjacent to an activating group) is 2. The molecule has 0 amide bonds. The number of nitrogens with two attached hydrogens (primary N) is 1. The minimum atomic E-state index is -0.698. The van der Waals surface area contributed by atoms with Crippen LogP contribution in [0.3, 0.4) is 0 Å². The summed E-state index contributed by atoms with van der Waals surface area (Å²) in [5.41, 5.74) is 7.41. The molecule has 5 N–H and O–H groups in total. The molecule has 1 aliphatic rings. The lowest BCUT2D eigenvalue weighted by molar-refractivity contribution is -0.0148. The van der Waals surface area contributed by atoms with E-state index in [0.717, 1.165) is 25.3 Å². The molecule has 2 aromatic rings. The van der Waals surface area contributed by atoms with Crippen molar-refractivity contribution in [3.05, 3.63) is 30.3 Å². The number of aromatic nitrogens is 2. The Hall–Kier alpha value is -2.42. The number of phenolic OH excluding ortho intramolecular Hbond substituents is 1. The predicted molar refractivity (Wildman–Crippen MR) is 127 cm³/mol. The molecule has 8 nitrogen and oxygen atoms in total. The number of hydrogen-bond acceptors (Lipinski definition) is 8. The molecule has 1 saturated heterocycles. The Morgan fingerprint density at radius 1 is 1.19 bits per heavy atom. The van der Waals surface area contributed by atoms with Gasteiger partial charge in [0.05, 0.1) is 17.0 Å². The molecule has 1 aromatic heterocycles. The van der Waals surface area contributed by atoms with Crippen molar-refractivity contribution >= 4 is 11.5 Å². The summed E-state index contributed by atoms with van der Waals surface area (Å²) in [4.78, 5) is 4.43. The Morgan fingerprint density at radius 2 is 1.87 bits per heavy atom. The molecular weight excluding hydrogens is 392 g/mol. The normalized spacial score (nSPS) is 15.5. The van der Waals surface area contributed by atoms with Gasteiger partial charge in [-0.15, -0.1) is 10.2 Å². The van der Waals surface area contributed by atoms with Crippen molar-refractivity contribution in [1.82, 2.24) is 20.4 Å². The lowest BCUT2D eigenvalue weighted by atomic mass is 9.90. The van der Waals surface area contributed by atoms with Crippen molar-refractivity contribution in [1.29, 1.82) is 0 Å². The Kier molecular flexibility index (Phi) is 9.48. The summed E-state index contributed by atoms with van der Waals surface area (Å²) in [6.07, 6.45) is 1.33. The van der Waals surface area contributed by atoms with Gasteiger partial charge in [0.15, 0.2) is 5.82 Å². The van der Waals surface area contributed by atoms with E-state index in [1.54, 1.807) is 18.2 Å². The third-order valence-corrected chi connectivity index (χ3v) is 5.66. The number of hydrogen-bond donors (Lipinski definition) is 4. The molecule has 1 aliphatic heterocycles. The Bertz CT molecular complexity index is 808. The standard InChI is InChI=1S/C21H32N6O2.C2H6/c1-3-26(13-10-23-2)15-21(29)8-11-27(12-9-21)18-14-17(24-25-20(18)22)16-6-4-5-7-19(16)28;1-2/h4-7,14,23,28-29H,3,8-13,15H2,1-2H3,(H2,22,25);1-2H3. The Labute approximate surface area is 186 Å². The Morgan fingerprint density at radius 3 is 2.48 bits per heavy atom. The van der Waals surface area contributed by atoms with Crippen molar-refractivity contribution in [2.45, 2.75) is 39.2 Å². The quantitative estimate of drug-likeness (QED) is 0.505. The van der Waals surface area contributed by atoms with Crippen LogP contribution in [0, 0.1) is 0 Å². The molecule has 172 valence electrons. The van der Waals surface area contributed by atoms with Crippen LogP contribution in [0.15, 0.2) is 30.3 Å². The van der Waals surface area contributed by atoms with E-state index in [0.29, 0.717) is 49.6 Å². The van der Waals surface area contributed by atoms with Crippen LogP contribution in [0.2, 0.25) is 0 Å². The molecular formula is C23H38N6O2. The zero-order valence-corrected chi connectivity index (χ0v) is 19.3. The first kappa shape index (κ1) is 24.8. The van der Waals surface area contributed by atoms with Gasteiger partial charge in [-0.05, 0) is 44.6 Å². The average molecular weight is 431 g/mol. The minimum Gasteiger partial charge on any atom is -0.507 e. The van der Waals surface area contributed by atoms with Crippen LogP contribution in [-0.2, 0) is 0 Å². The lowest BCUT2D eigenvalue weighted by Crippen LogP contribution is -2.52. The first-order chi connectivity index (χ1) is 15.0. The fourth-order valence-electron chi connectivity index (χ4n) is 3.82. The number of nitrogens with zero attached hydrogens (tertiary/aromatic N) is 4. The summed E-state index contributed by atoms with van der Waals surface area (Å²) < 4.78 is 0. The molecule has 1 fully saturated rings. The van der Waals surface area contributed by atoms with Gasteiger partial charge in [-0.1, -0.05) is 32.9 Å². The van der Waals surface area contributed by atoms with E-state index in [2.05, 4.69) is 32.2 Å². The lowest BCUT2D eigenvalue weighted by Gasteiger charge is -2.41. The van der Waals surface area contributed by atoms with Crippen molar-refractivity contribution in [2.75, 3.05) is 56.9 Å². The van der Waals surface area contributed by atoms with Crippen LogP contribution in [0.1, 0.15) is 33.6 Å². The minimum absolute atomic E-state index is 0.159. The van der Waals surface area contributed by atoms with Gasteiger partial charge >= 0.3 is 0 Å². The molecule has 0 radical (unpaired) electrons. The Balaban J connectivity index is 0.00000166. The van der Waals surface area contributed by atoms with Crippen LogP contribution < -0.4 is 16.0 Å². The highest BCUT2D eigenvalue weighted by molar-refractivity contribution is 5.74. The van der Waals surface area contributed by atoms with Gasteiger partial charge in [-0.25, -0.2) is 0 Å². The highest BCUT2D eigenvalue weighted by Crippen LogP contribution is 2.34. The fraction of sp³-hybridized carbons (Fsp3) is 0.565. The summed E-state index contributed by atoms with van der Waals surface area (Å²) in [5.74, 6) is 0.519. The third kappa shape index (κ3) is 6.53. The van der Waals surface area contributed by atoms with Crippen molar-refractivity contribution in [3.63, 3.8) is 0 Å². The fourth-order valence-corrected chi connectivity index (χ4v) is 3.82. The highest BCUT2D eigenvalue weighted by Gasteiger charge is 2.34. The van der Waals surface area contributed by atoms with Crippen LogP contribution in [0.25, 0.3) is 11.3 Å². The zero-order valence-electron chi connectivity index (χ0n) is 19.3. The number of nitrogens with one attached hydrogen (secondary N) is 1. The molecule has 3 rings (SSSR count). The number of aromatic hydroxyl groups is 1. The second-order valence-corrected chi connectivity index (χ2v) is 7.70. The molecule has 0 bridgehead atoms. The van der Waals surface area contributed by atoms with E-state index >= 15 is 0 Å². The summed E-state index contributed by atoms with van der Waals surface area (Å²) in [6, 6.07) is 8.92. The maximum Gasteiger partial charge on any atom is 0.169 e. The molecule has 31 heavy (non-hydrogen) atoms. The number of phenols is 1. The first-order valence-electron chi connectivity index (χ1n) is 11.2. The van der Waals surface area contributed by atoms with Gasteiger partial charge in [0.1, 0.15) is 5.75 Å². The number of anilines is 2. The predicted octanol–water partition coefficient (Wildman–Crippen LogP) is 2.33. The topological polar surface area (TPSA) is 111 Å².